The van der Waals surface area contributed by atoms with Crippen molar-refractivity contribution in [3.05, 3.63) is 65.2 Å². The van der Waals surface area contributed by atoms with Crippen LogP contribution in [0.3, 0.4) is 0 Å². The fourth-order valence-electron chi connectivity index (χ4n) is 4.48. The molecule has 35 heavy (non-hydrogen) atoms. The van der Waals surface area contributed by atoms with Crippen LogP contribution in [-0.4, -0.2) is 61.7 Å². The molecule has 2 N–H and O–H groups in total. The number of rotatable bonds is 6. The molecule has 4 heterocycles. The van der Waals surface area contributed by atoms with Gasteiger partial charge in [0.25, 0.3) is 5.91 Å². The molecule has 1 fully saturated rings. The van der Waals surface area contributed by atoms with E-state index in [0.717, 1.165) is 22.4 Å². The highest BCUT2D eigenvalue weighted by Crippen LogP contribution is 2.37. The van der Waals surface area contributed by atoms with E-state index in [1.54, 1.807) is 32.3 Å². The van der Waals surface area contributed by atoms with Gasteiger partial charge in [-0.15, -0.1) is 0 Å². The minimum atomic E-state index is -0.231. The van der Waals surface area contributed by atoms with Gasteiger partial charge in [0.15, 0.2) is 0 Å². The maximum atomic E-state index is 12.8. The summed E-state index contributed by atoms with van der Waals surface area (Å²) in [5.74, 6) is -0.231. The average Bonchev–Trinajstić information content (AvgIpc) is 3.53. The Labute approximate surface area is 207 Å². The Kier molecular flexibility index (Phi) is 5.94. The molecule has 1 atom stereocenters. The van der Waals surface area contributed by atoms with Gasteiger partial charge in [-0.3, -0.25) is 13.9 Å². The van der Waals surface area contributed by atoms with Crippen LogP contribution in [0.1, 0.15) is 23.0 Å². The van der Waals surface area contributed by atoms with E-state index in [4.69, 9.17) is 16.6 Å². The normalized spacial score (nSPS) is 14.4. The van der Waals surface area contributed by atoms with Crippen LogP contribution in [0, 0.1) is 6.92 Å². The van der Waals surface area contributed by atoms with Crippen molar-refractivity contribution in [2.75, 3.05) is 19.6 Å². The number of hydrogen-bond donors (Lipinski definition) is 2. The molecular formula is C25H26ClN7O2. The molecule has 5 rings (SSSR count). The van der Waals surface area contributed by atoms with Crippen molar-refractivity contribution in [2.45, 2.75) is 19.9 Å². The van der Waals surface area contributed by atoms with Gasteiger partial charge in [-0.1, -0.05) is 35.9 Å². The Morgan fingerprint density at radius 2 is 2.00 bits per heavy atom. The van der Waals surface area contributed by atoms with E-state index in [0.29, 0.717) is 41.7 Å². The van der Waals surface area contributed by atoms with Gasteiger partial charge < -0.3 is 15.5 Å². The van der Waals surface area contributed by atoms with Crippen LogP contribution in [-0.2, 0) is 7.05 Å². The van der Waals surface area contributed by atoms with Crippen molar-refractivity contribution < 1.29 is 9.59 Å². The number of carbonyl (C=O) groups is 2. The Morgan fingerprint density at radius 3 is 2.69 bits per heavy atom. The number of nitrogens with zero attached hydrogens (tertiary/aromatic N) is 5. The smallest absolute Gasteiger partial charge is 0.317 e. The molecule has 1 aliphatic rings. The second kappa shape index (κ2) is 9.07. The number of urea groups is 1. The summed E-state index contributed by atoms with van der Waals surface area (Å²) in [6.07, 6.45) is 3.73. The van der Waals surface area contributed by atoms with Crippen LogP contribution in [0.25, 0.3) is 28.0 Å². The molecule has 0 unspecified atom stereocenters. The fraction of sp³-hybridized carbons (Fsp3) is 0.280. The monoisotopic (exact) mass is 491 g/mol. The highest BCUT2D eigenvalue weighted by Gasteiger charge is 2.25. The molecule has 10 heteroatoms. The minimum absolute atomic E-state index is 0.102. The van der Waals surface area contributed by atoms with Crippen LogP contribution in [0.5, 0.6) is 0 Å². The molecule has 1 saturated heterocycles. The topological polar surface area (TPSA) is 96.6 Å². The molecule has 0 bridgehead atoms. The summed E-state index contributed by atoms with van der Waals surface area (Å²) in [5, 5.41) is 10.6. The number of aromatic nitrogens is 4. The number of amides is 3. The number of benzene rings is 1. The fourth-order valence-corrected chi connectivity index (χ4v) is 4.76. The van der Waals surface area contributed by atoms with Gasteiger partial charge in [0.2, 0.25) is 0 Å². The molecular weight excluding hydrogens is 466 g/mol. The summed E-state index contributed by atoms with van der Waals surface area (Å²) >= 11 is 6.75. The lowest BCUT2D eigenvalue weighted by Crippen LogP contribution is -2.43. The molecule has 4 aromatic rings. The van der Waals surface area contributed by atoms with E-state index in [9.17, 15) is 9.59 Å². The third-order valence-electron chi connectivity index (χ3n) is 6.30. The number of halogens is 1. The average molecular weight is 492 g/mol. The molecule has 0 saturated carbocycles. The van der Waals surface area contributed by atoms with Crippen molar-refractivity contribution in [1.29, 1.82) is 0 Å². The third-order valence-corrected chi connectivity index (χ3v) is 6.66. The largest absolute Gasteiger partial charge is 0.350 e. The van der Waals surface area contributed by atoms with Crippen LogP contribution >= 0.6 is 11.6 Å². The van der Waals surface area contributed by atoms with Gasteiger partial charge in [0.05, 0.1) is 5.69 Å². The molecule has 0 radical (unpaired) electrons. The molecule has 180 valence electrons. The van der Waals surface area contributed by atoms with E-state index in [-0.39, 0.29) is 18.0 Å². The summed E-state index contributed by atoms with van der Waals surface area (Å²) in [6, 6.07) is 11.2. The van der Waals surface area contributed by atoms with E-state index < -0.39 is 0 Å². The molecule has 9 nitrogen and oxygen atoms in total. The van der Waals surface area contributed by atoms with Crippen molar-refractivity contribution in [3.8, 4) is 22.4 Å². The molecule has 1 aromatic carbocycles. The predicted molar refractivity (Wildman–Crippen MR) is 134 cm³/mol. The Balaban J connectivity index is 1.42. The van der Waals surface area contributed by atoms with Gasteiger partial charge >= 0.3 is 6.03 Å². The standard InChI is InChI=1S/C25H26ClN7O2/c1-15(32-11-9-27-25(32)35)13-28-24(34)17-8-10-33-21(12-17)29-22(23(33)26)19-7-5-4-6-18(19)20-14-31(3)30-16(20)2/h4-8,10,12,14-15H,9,11,13H2,1-3H3,(H,27,35)(H,28,34)/t15-/m0/s1. The second-order valence-corrected chi connectivity index (χ2v) is 9.08. The molecule has 0 spiro atoms. The quantitative estimate of drug-likeness (QED) is 0.431. The second-order valence-electron chi connectivity index (χ2n) is 8.73. The zero-order chi connectivity index (χ0) is 24.7. The van der Waals surface area contributed by atoms with Gasteiger partial charge in [-0.25, -0.2) is 9.78 Å². The molecule has 3 amide bonds. The first-order valence-electron chi connectivity index (χ1n) is 11.4. The Hall–Kier alpha value is -3.85. The maximum absolute atomic E-state index is 12.8. The zero-order valence-corrected chi connectivity index (χ0v) is 20.5. The minimum Gasteiger partial charge on any atom is -0.350 e. The van der Waals surface area contributed by atoms with E-state index >= 15 is 0 Å². The first kappa shape index (κ1) is 22.9. The highest BCUT2D eigenvalue weighted by molar-refractivity contribution is 6.32. The number of fused-ring (bicyclic) bond motifs is 1. The summed E-state index contributed by atoms with van der Waals surface area (Å²) in [6.45, 7) is 5.50. The number of pyridine rings is 1. The van der Waals surface area contributed by atoms with Gasteiger partial charge in [0.1, 0.15) is 16.5 Å². The molecule has 3 aromatic heterocycles. The summed E-state index contributed by atoms with van der Waals surface area (Å²) in [5.41, 5.74) is 5.48. The maximum Gasteiger partial charge on any atom is 0.317 e. The number of nitrogens with one attached hydrogen (secondary N) is 2. The number of aryl methyl sites for hydroxylation is 2. The Morgan fingerprint density at radius 1 is 1.23 bits per heavy atom. The predicted octanol–water partition coefficient (Wildman–Crippen LogP) is 3.51. The lowest BCUT2D eigenvalue weighted by atomic mass is 9.99. The van der Waals surface area contributed by atoms with Crippen LogP contribution < -0.4 is 10.6 Å². The summed E-state index contributed by atoms with van der Waals surface area (Å²) in [7, 11) is 1.89. The molecule has 0 aliphatic carbocycles. The van der Waals surface area contributed by atoms with Crippen molar-refractivity contribution in [1.82, 2.24) is 34.7 Å². The van der Waals surface area contributed by atoms with E-state index in [1.165, 1.54) is 0 Å². The van der Waals surface area contributed by atoms with Crippen LogP contribution in [0.4, 0.5) is 4.79 Å². The van der Waals surface area contributed by atoms with Gasteiger partial charge in [-0.05, 0) is 31.5 Å². The lowest BCUT2D eigenvalue weighted by Gasteiger charge is -2.23. The number of hydrogen-bond acceptors (Lipinski definition) is 4. The Bertz CT molecular complexity index is 1440. The first-order chi connectivity index (χ1) is 16.8. The lowest BCUT2D eigenvalue weighted by molar-refractivity contribution is 0.0942. The summed E-state index contributed by atoms with van der Waals surface area (Å²) in [4.78, 5) is 31.1. The summed E-state index contributed by atoms with van der Waals surface area (Å²) < 4.78 is 3.55. The number of carbonyl (C=O) groups excluding carboxylic acids is 2. The zero-order valence-electron chi connectivity index (χ0n) is 19.7. The third kappa shape index (κ3) is 4.23. The highest BCUT2D eigenvalue weighted by atomic mass is 35.5. The first-order valence-corrected chi connectivity index (χ1v) is 11.8. The van der Waals surface area contributed by atoms with Gasteiger partial charge in [0, 0.05) is 61.8 Å². The number of imidazole rings is 1. The van der Waals surface area contributed by atoms with Gasteiger partial charge in [-0.2, -0.15) is 5.10 Å². The van der Waals surface area contributed by atoms with Crippen molar-refractivity contribution >= 4 is 29.2 Å². The van der Waals surface area contributed by atoms with Crippen LogP contribution in [0.2, 0.25) is 5.15 Å². The van der Waals surface area contributed by atoms with Crippen molar-refractivity contribution in [2.24, 2.45) is 7.05 Å². The van der Waals surface area contributed by atoms with Crippen molar-refractivity contribution in [3.63, 3.8) is 0 Å². The SMILES string of the molecule is Cc1nn(C)cc1-c1ccccc1-c1nc2cc(C(=O)NC[C@H](C)N3CCNC3=O)ccn2c1Cl. The van der Waals surface area contributed by atoms with Crippen LogP contribution in [0.15, 0.2) is 48.8 Å². The molecule has 1 aliphatic heterocycles. The van der Waals surface area contributed by atoms with E-state index in [2.05, 4.69) is 15.7 Å². The van der Waals surface area contributed by atoms with E-state index in [1.807, 2.05) is 51.4 Å².